The van der Waals surface area contributed by atoms with Crippen molar-refractivity contribution in [3.63, 3.8) is 0 Å². The number of alkyl halides is 5. The number of carbonyl (C=O) groups excluding carboxylic acids is 1. The molecule has 0 N–H and O–H groups in total. The second-order valence-electron chi connectivity index (χ2n) is 9.77. The van der Waals surface area contributed by atoms with Gasteiger partial charge in [-0.25, -0.2) is 26.7 Å². The highest BCUT2D eigenvalue weighted by atomic mass is 32.1. The number of ether oxygens (including phenoxy) is 1. The van der Waals surface area contributed by atoms with Gasteiger partial charge in [-0.3, -0.25) is 0 Å². The average molecular weight is 506 g/mol. The topological polar surface area (TPSA) is 26.3 Å². The van der Waals surface area contributed by atoms with Gasteiger partial charge < -0.3 is 4.74 Å². The summed E-state index contributed by atoms with van der Waals surface area (Å²) in [6, 6.07) is 5.44. The summed E-state index contributed by atoms with van der Waals surface area (Å²) < 4.78 is 80.8. The van der Waals surface area contributed by atoms with E-state index in [0.717, 1.165) is 25.7 Å². The van der Waals surface area contributed by atoms with E-state index in [9.17, 15) is 9.18 Å². The van der Waals surface area contributed by atoms with Crippen LogP contribution in [0.5, 0.6) is 5.75 Å². The van der Waals surface area contributed by atoms with Crippen molar-refractivity contribution in [2.45, 2.75) is 106 Å². The molecule has 2 aliphatic carbocycles. The molecule has 1 radical (unpaired) electrons. The molecule has 5 atom stereocenters. The fourth-order valence-electron chi connectivity index (χ4n) is 5.28. The first-order valence-electron chi connectivity index (χ1n) is 12.3. The minimum Gasteiger partial charge on any atom is -0.424 e. The van der Waals surface area contributed by atoms with Crippen LogP contribution in [0.4, 0.5) is 22.0 Å². The molecule has 0 bridgehead atoms. The second kappa shape index (κ2) is 11.6. The van der Waals surface area contributed by atoms with Crippen molar-refractivity contribution in [1.82, 2.24) is 0 Å². The number of rotatable bonds is 9. The van der Waals surface area contributed by atoms with Crippen LogP contribution in [0.15, 0.2) is 29.2 Å². The van der Waals surface area contributed by atoms with E-state index in [1.807, 2.05) is 0 Å². The Morgan fingerprint density at radius 1 is 0.971 bits per heavy atom. The summed E-state index contributed by atoms with van der Waals surface area (Å²) in [5.74, 6) is -2.68. The molecule has 34 heavy (non-hydrogen) atoms. The molecule has 1 aromatic carbocycles. The highest BCUT2D eigenvalue weighted by molar-refractivity contribution is 7.80. The molecule has 0 spiro atoms. The Morgan fingerprint density at radius 3 is 2.21 bits per heavy atom. The van der Waals surface area contributed by atoms with Crippen molar-refractivity contribution in [2.24, 2.45) is 11.8 Å². The van der Waals surface area contributed by atoms with Gasteiger partial charge in [0.2, 0.25) is 5.67 Å². The van der Waals surface area contributed by atoms with Crippen molar-refractivity contribution in [1.29, 1.82) is 0 Å². The van der Waals surface area contributed by atoms with Gasteiger partial charge in [-0.1, -0.05) is 58.3 Å². The lowest BCUT2D eigenvalue weighted by Gasteiger charge is -2.48. The molecule has 5 unspecified atom stereocenters. The molecule has 2 aliphatic rings. The maximum atomic E-state index is 15.7. The first-order valence-corrected chi connectivity index (χ1v) is 12.7. The molecule has 2 saturated carbocycles. The maximum absolute atomic E-state index is 15.7. The van der Waals surface area contributed by atoms with Gasteiger partial charge in [-0.15, -0.1) is 12.6 Å². The molecule has 2 fully saturated rings. The lowest BCUT2D eigenvalue weighted by molar-refractivity contribution is -0.177. The number of carbonyl (C=O) groups is 1. The Labute approximate surface area is 204 Å². The summed E-state index contributed by atoms with van der Waals surface area (Å²) in [4.78, 5) is 12.9. The molecule has 0 saturated heterocycles. The molecule has 0 amide bonds. The van der Waals surface area contributed by atoms with E-state index < -0.39 is 41.7 Å². The molecular weight excluding hydrogens is 471 g/mol. The van der Waals surface area contributed by atoms with Gasteiger partial charge in [-0.05, 0) is 48.9 Å². The van der Waals surface area contributed by atoms with Gasteiger partial charge >= 0.3 is 5.97 Å². The molecule has 1 aromatic rings. The van der Waals surface area contributed by atoms with Crippen LogP contribution < -0.4 is 4.74 Å². The molecular formula is C26H34F5O2S. The monoisotopic (exact) mass is 505 g/mol. The van der Waals surface area contributed by atoms with Crippen LogP contribution in [0.25, 0.3) is 0 Å². The number of thiol groups is 1. The van der Waals surface area contributed by atoms with E-state index in [0.29, 0.717) is 23.7 Å². The van der Waals surface area contributed by atoms with E-state index in [4.69, 9.17) is 4.74 Å². The summed E-state index contributed by atoms with van der Waals surface area (Å²) in [5, 5.41) is 0. The third-order valence-corrected chi connectivity index (χ3v) is 7.74. The summed E-state index contributed by atoms with van der Waals surface area (Å²) in [6.45, 7) is 2.15. The molecule has 2 nitrogen and oxygen atoms in total. The number of halogens is 5. The van der Waals surface area contributed by atoms with Crippen LogP contribution in [0, 0.1) is 18.3 Å². The van der Waals surface area contributed by atoms with Crippen molar-refractivity contribution in [3.05, 3.63) is 30.7 Å². The van der Waals surface area contributed by atoms with E-state index in [1.165, 1.54) is 37.1 Å². The van der Waals surface area contributed by atoms with E-state index in [-0.39, 0.29) is 25.0 Å². The molecule has 3 rings (SSSR count). The fourth-order valence-corrected chi connectivity index (χ4v) is 5.43. The lowest BCUT2D eigenvalue weighted by Crippen LogP contribution is -2.68. The highest BCUT2D eigenvalue weighted by Crippen LogP contribution is 2.52. The van der Waals surface area contributed by atoms with Crippen LogP contribution in [0.2, 0.25) is 0 Å². The fraction of sp³-hybridized carbons (Fsp3) is 0.692. The largest absolute Gasteiger partial charge is 0.424 e. The van der Waals surface area contributed by atoms with Crippen molar-refractivity contribution >= 4 is 18.6 Å². The smallest absolute Gasteiger partial charge is 0.352 e. The molecule has 0 aliphatic heterocycles. The number of unbranched alkanes of at least 4 members (excludes halogenated alkanes) is 4. The zero-order chi connectivity index (χ0) is 24.9. The third-order valence-electron chi connectivity index (χ3n) is 7.44. The number of hydrogen-bond donors (Lipinski definition) is 1. The van der Waals surface area contributed by atoms with Gasteiger partial charge in [0.25, 0.3) is 0 Å². The zero-order valence-electron chi connectivity index (χ0n) is 19.5. The normalized spacial score (nSPS) is 36.3. The Balaban J connectivity index is 1.61. The summed E-state index contributed by atoms with van der Waals surface area (Å²) in [5.41, 5.74) is -6.95. The molecule has 191 valence electrons. The second-order valence-corrected chi connectivity index (χ2v) is 10.3. The van der Waals surface area contributed by atoms with E-state index in [1.54, 1.807) is 0 Å². The SMILES string of the molecule is CCCCCCC[C@H]1CC[C@H](C2(F)C(F)[CH]C(F)(C(=O)Oc3ccc(S)cc3)C(F)C2F)CC1. The summed E-state index contributed by atoms with van der Waals surface area (Å²) >= 11 is 4.06. The lowest BCUT2D eigenvalue weighted by atomic mass is 9.63. The first-order chi connectivity index (χ1) is 16.1. The summed E-state index contributed by atoms with van der Waals surface area (Å²) in [7, 11) is 0. The predicted octanol–water partition coefficient (Wildman–Crippen LogP) is 7.70. The van der Waals surface area contributed by atoms with Gasteiger partial charge in [0.15, 0.2) is 18.0 Å². The number of esters is 1. The average Bonchev–Trinajstić information content (AvgIpc) is 2.83. The first kappa shape index (κ1) is 27.3. The van der Waals surface area contributed by atoms with E-state index in [2.05, 4.69) is 19.6 Å². The van der Waals surface area contributed by atoms with Gasteiger partial charge in [0.1, 0.15) is 11.9 Å². The van der Waals surface area contributed by atoms with Crippen molar-refractivity contribution in [2.75, 3.05) is 0 Å². The highest BCUT2D eigenvalue weighted by Gasteiger charge is 2.70. The minimum absolute atomic E-state index is 0.0167. The standard InChI is InChI=1S/C26H34F5O2S/c1-2-3-4-5-6-7-17-8-10-18(11-9-17)26(31)21(27)16-25(30,22(28)23(26)29)24(32)33-19-12-14-20(34)15-13-19/h12-18,21-23,34H,2-11H2,1H3/t17-,18-,21?,22?,23?,25?,26?. The Kier molecular flexibility index (Phi) is 9.32. The van der Waals surface area contributed by atoms with Gasteiger partial charge in [-0.2, -0.15) is 0 Å². The van der Waals surface area contributed by atoms with Crippen LogP contribution in [0.1, 0.15) is 71.1 Å². The quantitative estimate of drug-likeness (QED) is 0.122. The van der Waals surface area contributed by atoms with Crippen molar-refractivity contribution < 1.29 is 31.5 Å². The third kappa shape index (κ3) is 5.73. The van der Waals surface area contributed by atoms with E-state index >= 15 is 17.6 Å². The van der Waals surface area contributed by atoms with Crippen LogP contribution in [0.3, 0.4) is 0 Å². The Bertz CT molecular complexity index is 801. The Morgan fingerprint density at radius 2 is 1.59 bits per heavy atom. The van der Waals surface area contributed by atoms with Gasteiger partial charge in [0.05, 0.1) is 6.42 Å². The predicted molar refractivity (Wildman–Crippen MR) is 125 cm³/mol. The molecule has 8 heteroatoms. The number of hydrogen-bond acceptors (Lipinski definition) is 3. The maximum Gasteiger partial charge on any atom is 0.352 e. The van der Waals surface area contributed by atoms with Crippen LogP contribution in [-0.2, 0) is 4.79 Å². The van der Waals surface area contributed by atoms with Gasteiger partial charge in [0, 0.05) is 4.90 Å². The molecule has 0 aromatic heterocycles. The Hall–Kier alpha value is -1.31. The van der Waals surface area contributed by atoms with Crippen molar-refractivity contribution in [3.8, 4) is 5.75 Å². The minimum atomic E-state index is -3.73. The molecule has 0 heterocycles. The van der Waals surface area contributed by atoms with Crippen LogP contribution in [-0.4, -0.2) is 35.8 Å². The summed E-state index contributed by atoms with van der Waals surface area (Å²) in [6.07, 6.45) is -0.769. The number of benzene rings is 1. The van der Waals surface area contributed by atoms with Crippen LogP contribution >= 0.6 is 12.6 Å². The zero-order valence-corrected chi connectivity index (χ0v) is 20.4.